The Kier molecular flexibility index (Phi) is 4.91. The lowest BCUT2D eigenvalue weighted by molar-refractivity contribution is -0.117. The smallest absolute Gasteiger partial charge is 0.244 e. The maximum Gasteiger partial charge on any atom is 0.244 e. The zero-order valence-electron chi connectivity index (χ0n) is 11.1. The summed E-state index contributed by atoms with van der Waals surface area (Å²) in [5.41, 5.74) is 1.76. The summed E-state index contributed by atoms with van der Waals surface area (Å²) in [4.78, 5) is 16.0. The second-order valence-electron chi connectivity index (χ2n) is 4.37. The van der Waals surface area contributed by atoms with Crippen molar-refractivity contribution < 1.29 is 4.79 Å². The average Bonchev–Trinajstić information content (AvgIpc) is 2.47. The Hall–Kier alpha value is -2.13. The fraction of sp³-hybridized carbons (Fsp3) is 0.125. The molecule has 0 spiro atoms. The molecule has 0 radical (unpaired) electrons. The Bertz CT molecular complexity index is 594. The van der Waals surface area contributed by atoms with Crippen molar-refractivity contribution in [3.63, 3.8) is 0 Å². The molecule has 0 saturated carbocycles. The number of carbonyl (C=O) groups excluding carboxylic acids is 1. The molecule has 2 rings (SSSR count). The van der Waals surface area contributed by atoms with Crippen LogP contribution in [0, 0.1) is 0 Å². The van der Waals surface area contributed by atoms with E-state index in [1.165, 1.54) is 6.08 Å². The summed E-state index contributed by atoms with van der Waals surface area (Å²) in [5, 5.41) is 3.54. The standard InChI is InChI=1S/C16H15ClN2O/c1-12(15-4-2-3-11-18-15)19-16(20)10-7-13-5-8-14(17)9-6-13/h2-12H,1H3,(H,19,20)/b10-7+. The van der Waals surface area contributed by atoms with Gasteiger partial charge in [0.15, 0.2) is 0 Å². The lowest BCUT2D eigenvalue weighted by Gasteiger charge is -2.11. The summed E-state index contributed by atoms with van der Waals surface area (Å²) >= 11 is 5.80. The molecule has 102 valence electrons. The maximum atomic E-state index is 11.8. The molecule has 4 heteroatoms. The number of hydrogen-bond donors (Lipinski definition) is 1. The van der Waals surface area contributed by atoms with Crippen molar-refractivity contribution in [2.45, 2.75) is 13.0 Å². The predicted octanol–water partition coefficient (Wildman–Crippen LogP) is 3.63. The van der Waals surface area contributed by atoms with Gasteiger partial charge in [0, 0.05) is 17.3 Å². The van der Waals surface area contributed by atoms with Gasteiger partial charge in [-0.25, -0.2) is 0 Å². The van der Waals surface area contributed by atoms with Crippen LogP contribution >= 0.6 is 11.6 Å². The van der Waals surface area contributed by atoms with E-state index in [-0.39, 0.29) is 11.9 Å². The van der Waals surface area contributed by atoms with Gasteiger partial charge in [-0.05, 0) is 42.8 Å². The normalized spacial score (nSPS) is 12.3. The number of nitrogens with one attached hydrogen (secondary N) is 1. The molecular formula is C16H15ClN2O. The van der Waals surface area contributed by atoms with E-state index in [0.29, 0.717) is 5.02 Å². The lowest BCUT2D eigenvalue weighted by Crippen LogP contribution is -2.25. The van der Waals surface area contributed by atoms with E-state index >= 15 is 0 Å². The molecule has 0 aliphatic heterocycles. The van der Waals surface area contributed by atoms with Crippen molar-refractivity contribution in [3.05, 3.63) is 71.0 Å². The van der Waals surface area contributed by atoms with Gasteiger partial charge in [-0.1, -0.05) is 29.8 Å². The Balaban J connectivity index is 1.94. The van der Waals surface area contributed by atoms with Crippen molar-refractivity contribution in [1.29, 1.82) is 0 Å². The number of rotatable bonds is 4. The molecule has 0 bridgehead atoms. The van der Waals surface area contributed by atoms with Crippen LogP contribution in [0.25, 0.3) is 6.08 Å². The molecule has 1 N–H and O–H groups in total. The highest BCUT2D eigenvalue weighted by Gasteiger charge is 2.07. The van der Waals surface area contributed by atoms with Gasteiger partial charge >= 0.3 is 0 Å². The highest BCUT2D eigenvalue weighted by molar-refractivity contribution is 6.30. The van der Waals surface area contributed by atoms with Crippen molar-refractivity contribution in [2.75, 3.05) is 0 Å². The van der Waals surface area contributed by atoms with Gasteiger partial charge in [-0.15, -0.1) is 0 Å². The van der Waals surface area contributed by atoms with Crippen LogP contribution in [0.4, 0.5) is 0 Å². The molecule has 1 heterocycles. The van der Waals surface area contributed by atoms with E-state index in [4.69, 9.17) is 11.6 Å². The maximum absolute atomic E-state index is 11.8. The quantitative estimate of drug-likeness (QED) is 0.872. The van der Waals surface area contributed by atoms with Crippen LogP contribution in [0.3, 0.4) is 0 Å². The van der Waals surface area contributed by atoms with Gasteiger partial charge < -0.3 is 5.32 Å². The van der Waals surface area contributed by atoms with E-state index < -0.39 is 0 Å². The minimum atomic E-state index is -0.155. The molecule has 1 aromatic carbocycles. The molecule has 0 saturated heterocycles. The van der Waals surface area contributed by atoms with Gasteiger partial charge in [0.05, 0.1) is 11.7 Å². The molecule has 1 aromatic heterocycles. The number of benzene rings is 1. The molecular weight excluding hydrogens is 272 g/mol. The summed E-state index contributed by atoms with van der Waals surface area (Å²) in [5.74, 6) is -0.155. The summed E-state index contributed by atoms with van der Waals surface area (Å²) in [6.07, 6.45) is 4.96. The van der Waals surface area contributed by atoms with Crippen molar-refractivity contribution >= 4 is 23.6 Å². The number of aromatic nitrogens is 1. The highest BCUT2D eigenvalue weighted by atomic mass is 35.5. The molecule has 1 amide bonds. The molecule has 0 fully saturated rings. The van der Waals surface area contributed by atoms with Crippen LogP contribution in [0.5, 0.6) is 0 Å². The van der Waals surface area contributed by atoms with E-state index in [0.717, 1.165) is 11.3 Å². The van der Waals surface area contributed by atoms with Crippen LogP contribution in [-0.2, 0) is 4.79 Å². The summed E-state index contributed by atoms with van der Waals surface area (Å²) in [6, 6.07) is 12.8. The largest absolute Gasteiger partial charge is 0.344 e. The molecule has 1 unspecified atom stereocenters. The molecule has 20 heavy (non-hydrogen) atoms. The predicted molar refractivity (Wildman–Crippen MR) is 81.3 cm³/mol. The van der Waals surface area contributed by atoms with Crippen LogP contribution in [0.1, 0.15) is 24.2 Å². The van der Waals surface area contributed by atoms with Crippen LogP contribution in [0.15, 0.2) is 54.7 Å². The third-order valence-corrected chi connectivity index (χ3v) is 3.04. The second-order valence-corrected chi connectivity index (χ2v) is 4.81. The summed E-state index contributed by atoms with van der Waals surface area (Å²) in [7, 11) is 0. The Labute approximate surface area is 123 Å². The average molecular weight is 287 g/mol. The summed E-state index contributed by atoms with van der Waals surface area (Å²) < 4.78 is 0. The van der Waals surface area contributed by atoms with Gasteiger partial charge in [0.25, 0.3) is 0 Å². The van der Waals surface area contributed by atoms with E-state index in [1.807, 2.05) is 37.3 Å². The number of pyridine rings is 1. The van der Waals surface area contributed by atoms with E-state index in [9.17, 15) is 4.79 Å². The SMILES string of the molecule is CC(NC(=O)/C=C/c1ccc(Cl)cc1)c1ccccn1. The van der Waals surface area contributed by atoms with Crippen molar-refractivity contribution in [1.82, 2.24) is 10.3 Å². The third kappa shape index (κ3) is 4.21. The number of carbonyl (C=O) groups is 1. The number of hydrogen-bond acceptors (Lipinski definition) is 2. The first-order chi connectivity index (χ1) is 9.65. The van der Waals surface area contributed by atoms with Gasteiger partial charge in [0.1, 0.15) is 0 Å². The van der Waals surface area contributed by atoms with Gasteiger partial charge in [-0.3, -0.25) is 9.78 Å². The number of amides is 1. The van der Waals surface area contributed by atoms with E-state index in [1.54, 1.807) is 24.4 Å². The Morgan fingerprint density at radius 1 is 1.25 bits per heavy atom. The fourth-order valence-corrected chi connectivity index (χ4v) is 1.84. The fourth-order valence-electron chi connectivity index (χ4n) is 1.71. The first kappa shape index (κ1) is 14.3. The second kappa shape index (κ2) is 6.87. The number of nitrogens with zero attached hydrogens (tertiary/aromatic N) is 1. The number of halogens is 1. The van der Waals surface area contributed by atoms with Crippen molar-refractivity contribution in [2.24, 2.45) is 0 Å². The minimum Gasteiger partial charge on any atom is -0.344 e. The topological polar surface area (TPSA) is 42.0 Å². The molecule has 0 aliphatic rings. The zero-order valence-corrected chi connectivity index (χ0v) is 11.8. The highest BCUT2D eigenvalue weighted by Crippen LogP contribution is 2.11. The minimum absolute atomic E-state index is 0.126. The molecule has 3 nitrogen and oxygen atoms in total. The third-order valence-electron chi connectivity index (χ3n) is 2.79. The van der Waals surface area contributed by atoms with Crippen LogP contribution < -0.4 is 5.32 Å². The zero-order chi connectivity index (χ0) is 14.4. The Morgan fingerprint density at radius 3 is 2.65 bits per heavy atom. The lowest BCUT2D eigenvalue weighted by atomic mass is 10.2. The van der Waals surface area contributed by atoms with Crippen LogP contribution in [0.2, 0.25) is 5.02 Å². The first-order valence-corrected chi connectivity index (χ1v) is 6.68. The monoisotopic (exact) mass is 286 g/mol. The molecule has 1 atom stereocenters. The summed E-state index contributed by atoms with van der Waals surface area (Å²) in [6.45, 7) is 1.90. The van der Waals surface area contributed by atoms with Gasteiger partial charge in [0.2, 0.25) is 5.91 Å². The van der Waals surface area contributed by atoms with Crippen LogP contribution in [-0.4, -0.2) is 10.9 Å². The Morgan fingerprint density at radius 2 is 2.00 bits per heavy atom. The van der Waals surface area contributed by atoms with E-state index in [2.05, 4.69) is 10.3 Å². The van der Waals surface area contributed by atoms with Crippen molar-refractivity contribution in [3.8, 4) is 0 Å². The molecule has 2 aromatic rings. The first-order valence-electron chi connectivity index (χ1n) is 6.30. The van der Waals surface area contributed by atoms with Gasteiger partial charge in [-0.2, -0.15) is 0 Å². The molecule has 0 aliphatic carbocycles.